The molecule has 0 unspecified atom stereocenters. The average molecular weight is 286 g/mol. The van der Waals surface area contributed by atoms with Crippen molar-refractivity contribution < 1.29 is 4.39 Å². The fourth-order valence-electron chi connectivity index (χ4n) is 1.42. The van der Waals surface area contributed by atoms with E-state index < -0.39 is 5.82 Å². The van der Waals surface area contributed by atoms with Crippen LogP contribution in [0.5, 0.6) is 0 Å². The number of hydrogen-bond acceptors (Lipinski definition) is 3. The van der Waals surface area contributed by atoms with Gasteiger partial charge < -0.3 is 11.1 Å². The molecule has 0 spiro atoms. The lowest BCUT2D eigenvalue weighted by molar-refractivity contribution is 0.628. The number of nitrogen functional groups attached to an aromatic ring is 1. The summed E-state index contributed by atoms with van der Waals surface area (Å²) >= 11 is 11.8. The molecule has 1 aromatic heterocycles. The number of pyridine rings is 1. The third-order valence-electron chi connectivity index (χ3n) is 2.41. The van der Waals surface area contributed by atoms with E-state index in [-0.39, 0.29) is 10.0 Å². The highest BCUT2D eigenvalue weighted by atomic mass is 35.5. The molecule has 0 aliphatic carbocycles. The second kappa shape index (κ2) is 5.00. The van der Waals surface area contributed by atoms with Crippen molar-refractivity contribution in [3.63, 3.8) is 0 Å². The number of hydrogen-bond donors (Lipinski definition) is 2. The maximum atomic E-state index is 13.0. The summed E-state index contributed by atoms with van der Waals surface area (Å²) in [5.74, 6) is 0.0501. The average Bonchev–Trinajstić information content (AvgIpc) is 2.28. The molecule has 0 radical (unpaired) electrons. The van der Waals surface area contributed by atoms with E-state index >= 15 is 0 Å². The molecule has 0 fully saturated rings. The van der Waals surface area contributed by atoms with E-state index in [1.54, 1.807) is 6.07 Å². The van der Waals surface area contributed by atoms with Gasteiger partial charge in [0.15, 0.2) is 0 Å². The fourth-order valence-corrected chi connectivity index (χ4v) is 1.98. The van der Waals surface area contributed by atoms with Crippen LogP contribution in [0.4, 0.5) is 21.6 Å². The molecule has 0 atom stereocenters. The number of aromatic nitrogens is 1. The number of nitrogens with two attached hydrogens (primary N) is 1. The number of halogens is 3. The van der Waals surface area contributed by atoms with Crippen LogP contribution in [0.3, 0.4) is 0 Å². The zero-order valence-electron chi connectivity index (χ0n) is 9.47. The van der Waals surface area contributed by atoms with Crippen molar-refractivity contribution in [3.8, 4) is 0 Å². The maximum absolute atomic E-state index is 13.0. The van der Waals surface area contributed by atoms with E-state index in [1.165, 1.54) is 18.3 Å². The summed E-state index contributed by atoms with van der Waals surface area (Å²) in [6, 6.07) is 4.12. The van der Waals surface area contributed by atoms with Crippen LogP contribution < -0.4 is 11.1 Å². The third-order valence-corrected chi connectivity index (χ3v) is 3.01. The highest BCUT2D eigenvalue weighted by Crippen LogP contribution is 2.33. The van der Waals surface area contributed by atoms with Gasteiger partial charge in [-0.2, -0.15) is 0 Å². The summed E-state index contributed by atoms with van der Waals surface area (Å²) in [5, 5.41) is 3.32. The van der Waals surface area contributed by atoms with Crippen LogP contribution in [0.25, 0.3) is 0 Å². The molecule has 0 aliphatic heterocycles. The quantitative estimate of drug-likeness (QED) is 0.871. The van der Waals surface area contributed by atoms with Crippen molar-refractivity contribution in [2.24, 2.45) is 0 Å². The molecular weight excluding hydrogens is 276 g/mol. The van der Waals surface area contributed by atoms with Gasteiger partial charge >= 0.3 is 0 Å². The van der Waals surface area contributed by atoms with Crippen LogP contribution in [-0.4, -0.2) is 4.98 Å². The van der Waals surface area contributed by atoms with Gasteiger partial charge in [0.05, 0.1) is 27.6 Å². The van der Waals surface area contributed by atoms with E-state index in [1.807, 2.05) is 6.92 Å². The molecular formula is C12H10Cl2FN3. The van der Waals surface area contributed by atoms with Gasteiger partial charge in [0.25, 0.3) is 0 Å². The molecule has 0 aliphatic rings. The Balaban J connectivity index is 2.37. The SMILES string of the molecule is Cc1cc(Nc2c(Cl)cc(F)cc2Cl)ncc1N. The first-order valence-electron chi connectivity index (χ1n) is 5.11. The Morgan fingerprint density at radius 2 is 1.83 bits per heavy atom. The molecule has 1 heterocycles. The monoisotopic (exact) mass is 285 g/mol. The molecule has 3 nitrogen and oxygen atoms in total. The summed E-state index contributed by atoms with van der Waals surface area (Å²) < 4.78 is 13.0. The van der Waals surface area contributed by atoms with Crippen molar-refractivity contribution in [2.75, 3.05) is 11.1 Å². The predicted octanol–water partition coefficient (Wildman–Crippen LogP) is 4.16. The lowest BCUT2D eigenvalue weighted by atomic mass is 10.2. The van der Waals surface area contributed by atoms with Crippen LogP contribution in [0.1, 0.15) is 5.56 Å². The van der Waals surface area contributed by atoms with Gasteiger partial charge in [-0.1, -0.05) is 23.2 Å². The first kappa shape index (κ1) is 12.9. The molecule has 0 saturated carbocycles. The Labute approximate surface area is 114 Å². The third kappa shape index (κ3) is 2.66. The van der Waals surface area contributed by atoms with Crippen LogP contribution in [-0.2, 0) is 0 Å². The predicted molar refractivity (Wildman–Crippen MR) is 73.1 cm³/mol. The Morgan fingerprint density at radius 1 is 1.22 bits per heavy atom. The zero-order chi connectivity index (χ0) is 13.3. The number of aryl methyl sites for hydroxylation is 1. The van der Waals surface area contributed by atoms with E-state index in [9.17, 15) is 4.39 Å². The summed E-state index contributed by atoms with van der Waals surface area (Å²) in [4.78, 5) is 4.09. The van der Waals surface area contributed by atoms with E-state index in [0.717, 1.165) is 5.56 Å². The summed E-state index contributed by atoms with van der Waals surface area (Å²) in [6.45, 7) is 1.86. The normalized spacial score (nSPS) is 10.4. The molecule has 18 heavy (non-hydrogen) atoms. The number of benzene rings is 1. The van der Waals surface area contributed by atoms with Gasteiger partial charge in [-0.05, 0) is 30.7 Å². The largest absolute Gasteiger partial charge is 0.397 e. The molecule has 0 saturated heterocycles. The Morgan fingerprint density at radius 3 is 2.39 bits per heavy atom. The number of rotatable bonds is 2. The second-order valence-electron chi connectivity index (χ2n) is 3.80. The molecule has 0 bridgehead atoms. The van der Waals surface area contributed by atoms with E-state index in [0.29, 0.717) is 17.2 Å². The molecule has 6 heteroatoms. The second-order valence-corrected chi connectivity index (χ2v) is 4.61. The summed E-state index contributed by atoms with van der Waals surface area (Å²) in [7, 11) is 0. The molecule has 1 aromatic carbocycles. The number of nitrogens with zero attached hydrogens (tertiary/aromatic N) is 1. The van der Waals surface area contributed by atoms with Crippen molar-refractivity contribution in [1.82, 2.24) is 4.98 Å². The van der Waals surface area contributed by atoms with Crippen molar-refractivity contribution in [1.29, 1.82) is 0 Å². The van der Waals surface area contributed by atoms with Gasteiger partial charge in [-0.25, -0.2) is 9.37 Å². The van der Waals surface area contributed by atoms with Gasteiger partial charge in [-0.15, -0.1) is 0 Å². The highest BCUT2D eigenvalue weighted by molar-refractivity contribution is 6.39. The van der Waals surface area contributed by atoms with Crippen molar-refractivity contribution >= 4 is 40.4 Å². The molecule has 0 amide bonds. The lowest BCUT2D eigenvalue weighted by Crippen LogP contribution is -1.98. The molecule has 2 aromatic rings. The minimum Gasteiger partial charge on any atom is -0.397 e. The van der Waals surface area contributed by atoms with Crippen LogP contribution >= 0.6 is 23.2 Å². The van der Waals surface area contributed by atoms with Gasteiger partial charge in [0.2, 0.25) is 0 Å². The van der Waals surface area contributed by atoms with Crippen molar-refractivity contribution in [3.05, 3.63) is 45.8 Å². The lowest BCUT2D eigenvalue weighted by Gasteiger charge is -2.11. The van der Waals surface area contributed by atoms with Gasteiger partial charge in [0, 0.05) is 0 Å². The van der Waals surface area contributed by atoms with Crippen LogP contribution in [0.15, 0.2) is 24.4 Å². The Kier molecular flexibility index (Phi) is 3.59. The van der Waals surface area contributed by atoms with Gasteiger partial charge in [0.1, 0.15) is 11.6 Å². The van der Waals surface area contributed by atoms with E-state index in [4.69, 9.17) is 28.9 Å². The van der Waals surface area contributed by atoms with E-state index in [2.05, 4.69) is 10.3 Å². The molecule has 3 N–H and O–H groups in total. The summed E-state index contributed by atoms with van der Waals surface area (Å²) in [5.41, 5.74) is 7.55. The van der Waals surface area contributed by atoms with Crippen LogP contribution in [0, 0.1) is 12.7 Å². The topological polar surface area (TPSA) is 50.9 Å². The zero-order valence-corrected chi connectivity index (χ0v) is 11.0. The standard InChI is InChI=1S/C12H10Cl2FN3/c1-6-2-11(17-5-10(6)16)18-12-8(13)3-7(15)4-9(12)14/h2-5H,16H2,1H3,(H,17,18). The molecule has 2 rings (SSSR count). The Bertz CT molecular complexity index is 579. The van der Waals surface area contributed by atoms with Crippen LogP contribution in [0.2, 0.25) is 10.0 Å². The minimum atomic E-state index is -0.489. The highest BCUT2D eigenvalue weighted by Gasteiger charge is 2.09. The maximum Gasteiger partial charge on any atom is 0.130 e. The minimum absolute atomic E-state index is 0.191. The number of nitrogens with one attached hydrogen (secondary N) is 1. The smallest absolute Gasteiger partial charge is 0.130 e. The first-order valence-corrected chi connectivity index (χ1v) is 5.86. The molecule has 94 valence electrons. The van der Waals surface area contributed by atoms with Crippen molar-refractivity contribution in [2.45, 2.75) is 6.92 Å². The fraction of sp³-hybridized carbons (Fsp3) is 0.0833. The summed E-state index contributed by atoms with van der Waals surface area (Å²) in [6.07, 6.45) is 1.53. The number of anilines is 3. The Hall–Kier alpha value is -1.52. The van der Waals surface area contributed by atoms with Gasteiger partial charge in [-0.3, -0.25) is 0 Å². The first-order chi connectivity index (χ1) is 8.47.